The van der Waals surface area contributed by atoms with Crippen molar-refractivity contribution in [1.82, 2.24) is 0 Å². The first-order valence-electron chi connectivity index (χ1n) is 6.92. The van der Waals surface area contributed by atoms with Crippen molar-refractivity contribution in [2.75, 3.05) is 6.61 Å². The van der Waals surface area contributed by atoms with Gasteiger partial charge in [0.05, 0.1) is 12.0 Å². The zero-order valence-electron chi connectivity index (χ0n) is 10.9. The Morgan fingerprint density at radius 3 is 2.89 bits per heavy atom. The van der Waals surface area contributed by atoms with Crippen LogP contribution in [0.2, 0.25) is 0 Å². The van der Waals surface area contributed by atoms with E-state index in [1.54, 1.807) is 0 Å². The number of hydrogen-bond acceptors (Lipinski definition) is 2. The van der Waals surface area contributed by atoms with Gasteiger partial charge in [0.15, 0.2) is 0 Å². The van der Waals surface area contributed by atoms with Crippen molar-refractivity contribution >= 4 is 5.97 Å². The van der Waals surface area contributed by atoms with Crippen LogP contribution >= 0.6 is 0 Å². The Morgan fingerprint density at radius 1 is 1.33 bits per heavy atom. The van der Waals surface area contributed by atoms with Crippen molar-refractivity contribution in [2.24, 2.45) is 17.3 Å². The van der Waals surface area contributed by atoms with Gasteiger partial charge < -0.3 is 4.74 Å². The van der Waals surface area contributed by atoms with Crippen LogP contribution in [0.15, 0.2) is 30.3 Å². The van der Waals surface area contributed by atoms with Crippen LogP contribution in [0.3, 0.4) is 0 Å². The van der Waals surface area contributed by atoms with Gasteiger partial charge >= 0.3 is 5.97 Å². The first kappa shape index (κ1) is 11.8. The van der Waals surface area contributed by atoms with E-state index in [1.165, 1.54) is 5.56 Å². The fraction of sp³-hybridized carbons (Fsp3) is 0.562. The van der Waals surface area contributed by atoms with Crippen LogP contribution in [0, 0.1) is 17.3 Å². The Morgan fingerprint density at radius 2 is 2.11 bits per heavy atom. The number of rotatable bonds is 2. The normalized spacial score (nSPS) is 35.1. The summed E-state index contributed by atoms with van der Waals surface area (Å²) in [4.78, 5) is 12.2. The second-order valence-corrected chi connectivity index (χ2v) is 5.99. The molecule has 1 aromatic rings. The molecule has 3 rings (SSSR count). The van der Waals surface area contributed by atoms with Crippen molar-refractivity contribution in [3.05, 3.63) is 35.9 Å². The molecule has 1 aliphatic heterocycles. The molecule has 0 bridgehead atoms. The molecule has 1 aliphatic carbocycles. The van der Waals surface area contributed by atoms with Crippen LogP contribution in [0.4, 0.5) is 0 Å². The SMILES string of the molecule is CC1CCC2(Cc3ccccc3)C(=O)OCC2C1. The minimum atomic E-state index is -0.228. The molecule has 18 heavy (non-hydrogen) atoms. The molecule has 3 unspecified atom stereocenters. The zero-order chi connectivity index (χ0) is 12.6. The number of fused-ring (bicyclic) bond motifs is 1. The second-order valence-electron chi connectivity index (χ2n) is 5.99. The maximum absolute atomic E-state index is 12.2. The molecule has 0 N–H and O–H groups in total. The smallest absolute Gasteiger partial charge is 0.312 e. The van der Waals surface area contributed by atoms with Gasteiger partial charge in [-0.3, -0.25) is 4.79 Å². The Labute approximate surface area is 108 Å². The molecule has 0 amide bonds. The van der Waals surface area contributed by atoms with Gasteiger partial charge in [0.25, 0.3) is 0 Å². The highest BCUT2D eigenvalue weighted by atomic mass is 16.5. The minimum Gasteiger partial charge on any atom is -0.465 e. The summed E-state index contributed by atoms with van der Waals surface area (Å²) in [5.41, 5.74) is 1.03. The molecule has 2 heteroatoms. The van der Waals surface area contributed by atoms with E-state index in [0.29, 0.717) is 12.5 Å². The fourth-order valence-electron chi connectivity index (χ4n) is 3.62. The van der Waals surface area contributed by atoms with E-state index in [-0.39, 0.29) is 11.4 Å². The van der Waals surface area contributed by atoms with E-state index in [4.69, 9.17) is 4.74 Å². The third-order valence-electron chi connectivity index (χ3n) is 4.74. The Bertz CT molecular complexity index is 440. The first-order chi connectivity index (χ1) is 8.71. The lowest BCUT2D eigenvalue weighted by Crippen LogP contribution is -2.40. The van der Waals surface area contributed by atoms with Crippen molar-refractivity contribution in [2.45, 2.75) is 32.6 Å². The first-order valence-corrected chi connectivity index (χ1v) is 6.92. The van der Waals surface area contributed by atoms with Crippen LogP contribution in [0.1, 0.15) is 31.7 Å². The van der Waals surface area contributed by atoms with Gasteiger partial charge in [0.2, 0.25) is 0 Å². The van der Waals surface area contributed by atoms with E-state index in [9.17, 15) is 4.79 Å². The molecule has 0 radical (unpaired) electrons. The third kappa shape index (κ3) is 1.84. The molecular weight excluding hydrogens is 224 g/mol. The minimum absolute atomic E-state index is 0.0447. The molecule has 96 valence electrons. The maximum Gasteiger partial charge on any atom is 0.312 e. The zero-order valence-corrected chi connectivity index (χ0v) is 10.9. The highest BCUT2D eigenvalue weighted by molar-refractivity contribution is 5.79. The summed E-state index contributed by atoms with van der Waals surface area (Å²) in [6.07, 6.45) is 4.13. The summed E-state index contributed by atoms with van der Waals surface area (Å²) in [5, 5.41) is 0. The number of benzene rings is 1. The van der Waals surface area contributed by atoms with Crippen LogP contribution in [0.25, 0.3) is 0 Å². The summed E-state index contributed by atoms with van der Waals surface area (Å²) >= 11 is 0. The molecule has 1 saturated carbocycles. The molecule has 1 saturated heterocycles. The monoisotopic (exact) mass is 244 g/mol. The Hall–Kier alpha value is -1.31. The van der Waals surface area contributed by atoms with Gasteiger partial charge in [-0.05, 0) is 37.2 Å². The average molecular weight is 244 g/mol. The van der Waals surface area contributed by atoms with Crippen LogP contribution in [-0.4, -0.2) is 12.6 Å². The van der Waals surface area contributed by atoms with Crippen molar-refractivity contribution in [1.29, 1.82) is 0 Å². The summed E-state index contributed by atoms with van der Waals surface area (Å²) in [5.74, 6) is 1.20. The molecule has 3 atom stereocenters. The molecule has 2 nitrogen and oxygen atoms in total. The van der Waals surface area contributed by atoms with E-state index in [0.717, 1.165) is 31.6 Å². The summed E-state index contributed by atoms with van der Waals surface area (Å²) in [7, 11) is 0. The predicted molar refractivity (Wildman–Crippen MR) is 70.0 cm³/mol. The molecule has 0 aromatic heterocycles. The fourth-order valence-corrected chi connectivity index (χ4v) is 3.62. The van der Waals surface area contributed by atoms with Crippen molar-refractivity contribution in [3.8, 4) is 0 Å². The lowest BCUT2D eigenvalue weighted by atomic mass is 9.62. The largest absolute Gasteiger partial charge is 0.465 e. The van der Waals surface area contributed by atoms with Gasteiger partial charge in [-0.15, -0.1) is 0 Å². The molecule has 1 heterocycles. The lowest BCUT2D eigenvalue weighted by Gasteiger charge is -2.37. The van der Waals surface area contributed by atoms with E-state index in [2.05, 4.69) is 19.1 Å². The molecule has 2 aliphatic rings. The lowest BCUT2D eigenvalue weighted by molar-refractivity contribution is -0.147. The Kier molecular flexibility index (Phi) is 2.89. The Balaban J connectivity index is 1.88. The van der Waals surface area contributed by atoms with Crippen LogP contribution in [0.5, 0.6) is 0 Å². The van der Waals surface area contributed by atoms with E-state index < -0.39 is 0 Å². The van der Waals surface area contributed by atoms with Gasteiger partial charge in [0.1, 0.15) is 0 Å². The topological polar surface area (TPSA) is 26.3 Å². The number of carbonyl (C=O) groups excluding carboxylic acids is 1. The maximum atomic E-state index is 12.2. The standard InChI is InChI=1S/C16H20O2/c1-12-7-8-16(10-13-5-3-2-4-6-13)14(9-12)11-18-15(16)17/h2-6,12,14H,7-11H2,1H3. The molecule has 2 fully saturated rings. The number of carbonyl (C=O) groups is 1. The summed E-state index contributed by atoms with van der Waals surface area (Å²) in [6, 6.07) is 10.4. The highest BCUT2D eigenvalue weighted by Gasteiger charge is 2.53. The van der Waals surface area contributed by atoms with Crippen molar-refractivity contribution in [3.63, 3.8) is 0 Å². The summed E-state index contributed by atoms with van der Waals surface area (Å²) < 4.78 is 5.38. The number of hydrogen-bond donors (Lipinski definition) is 0. The average Bonchev–Trinajstić information content (AvgIpc) is 2.69. The van der Waals surface area contributed by atoms with Crippen LogP contribution < -0.4 is 0 Å². The molecular formula is C16H20O2. The second kappa shape index (κ2) is 4.42. The summed E-state index contributed by atoms with van der Waals surface area (Å²) in [6.45, 7) is 2.92. The molecule has 1 aromatic carbocycles. The van der Waals surface area contributed by atoms with Gasteiger partial charge in [-0.2, -0.15) is 0 Å². The third-order valence-corrected chi connectivity index (χ3v) is 4.74. The predicted octanol–water partition coefficient (Wildman–Crippen LogP) is 3.21. The number of cyclic esters (lactones) is 1. The van der Waals surface area contributed by atoms with Gasteiger partial charge in [-0.25, -0.2) is 0 Å². The molecule has 0 spiro atoms. The number of ether oxygens (including phenoxy) is 1. The van der Waals surface area contributed by atoms with E-state index in [1.807, 2.05) is 18.2 Å². The number of esters is 1. The van der Waals surface area contributed by atoms with E-state index >= 15 is 0 Å². The quantitative estimate of drug-likeness (QED) is 0.747. The van der Waals surface area contributed by atoms with Crippen LogP contribution in [-0.2, 0) is 16.0 Å². The highest BCUT2D eigenvalue weighted by Crippen LogP contribution is 2.50. The van der Waals surface area contributed by atoms with Crippen molar-refractivity contribution < 1.29 is 9.53 Å². The van der Waals surface area contributed by atoms with Gasteiger partial charge in [0, 0.05) is 5.92 Å². The van der Waals surface area contributed by atoms with Gasteiger partial charge in [-0.1, -0.05) is 37.3 Å².